The van der Waals surface area contributed by atoms with E-state index in [2.05, 4.69) is 10.2 Å². The molecule has 0 radical (unpaired) electrons. The van der Waals surface area contributed by atoms with Gasteiger partial charge in [-0.05, 0) is 38.4 Å². The molecule has 0 saturated carbocycles. The van der Waals surface area contributed by atoms with Crippen molar-refractivity contribution < 1.29 is 9.50 Å². The molecule has 112 valence electrons. The van der Waals surface area contributed by atoms with Crippen molar-refractivity contribution in [3.63, 3.8) is 0 Å². The lowest BCUT2D eigenvalue weighted by Gasteiger charge is -2.26. The Morgan fingerprint density at radius 2 is 2.25 bits per heavy atom. The van der Waals surface area contributed by atoms with Gasteiger partial charge in [0.2, 0.25) is 0 Å². The van der Waals surface area contributed by atoms with Crippen LogP contribution < -0.4 is 5.32 Å². The summed E-state index contributed by atoms with van der Waals surface area (Å²) in [4.78, 5) is 2.32. The summed E-state index contributed by atoms with van der Waals surface area (Å²) in [5.74, 6) is -0.140. The predicted molar refractivity (Wildman–Crippen MR) is 79.1 cm³/mol. The van der Waals surface area contributed by atoms with Crippen molar-refractivity contribution in [2.75, 3.05) is 26.2 Å². The van der Waals surface area contributed by atoms with Gasteiger partial charge in [-0.1, -0.05) is 25.1 Å². The minimum Gasteiger partial charge on any atom is -0.395 e. The second-order valence-corrected chi connectivity index (χ2v) is 5.44. The normalized spacial score (nSPS) is 21.2. The first-order valence-corrected chi connectivity index (χ1v) is 7.59. The maximum absolute atomic E-state index is 13.9. The van der Waals surface area contributed by atoms with Crippen molar-refractivity contribution in [2.24, 2.45) is 0 Å². The highest BCUT2D eigenvalue weighted by atomic mass is 19.1. The molecule has 1 aromatic carbocycles. The van der Waals surface area contributed by atoms with Crippen LogP contribution in [0.15, 0.2) is 24.3 Å². The van der Waals surface area contributed by atoms with Gasteiger partial charge in [0.15, 0.2) is 0 Å². The van der Waals surface area contributed by atoms with E-state index < -0.39 is 0 Å². The Morgan fingerprint density at radius 1 is 1.45 bits per heavy atom. The Bertz CT molecular complexity index is 413. The standard InChI is InChI=1S/C16H25FN2O/c1-2-18-16(14-7-3-4-8-15(14)17)9-11-19-10-5-6-13(19)12-20/h3-4,7-8,13,16,18,20H,2,5-6,9-12H2,1H3. The molecule has 2 atom stereocenters. The molecular weight excluding hydrogens is 255 g/mol. The molecular formula is C16H25FN2O. The minimum atomic E-state index is -0.140. The van der Waals surface area contributed by atoms with Crippen LogP contribution in [-0.2, 0) is 0 Å². The second kappa shape index (κ2) is 7.72. The van der Waals surface area contributed by atoms with Crippen LogP contribution >= 0.6 is 0 Å². The monoisotopic (exact) mass is 280 g/mol. The van der Waals surface area contributed by atoms with Gasteiger partial charge in [0.05, 0.1) is 6.61 Å². The quantitative estimate of drug-likeness (QED) is 0.804. The van der Waals surface area contributed by atoms with Gasteiger partial charge in [-0.25, -0.2) is 4.39 Å². The van der Waals surface area contributed by atoms with Crippen molar-refractivity contribution in [1.82, 2.24) is 10.2 Å². The van der Waals surface area contributed by atoms with Crippen LogP contribution in [0.3, 0.4) is 0 Å². The Labute approximate surface area is 120 Å². The Balaban J connectivity index is 1.97. The van der Waals surface area contributed by atoms with E-state index in [9.17, 15) is 9.50 Å². The minimum absolute atomic E-state index is 0.0427. The van der Waals surface area contributed by atoms with Crippen molar-refractivity contribution >= 4 is 0 Å². The smallest absolute Gasteiger partial charge is 0.127 e. The number of hydrogen-bond donors (Lipinski definition) is 2. The lowest BCUT2D eigenvalue weighted by molar-refractivity contribution is 0.154. The fraction of sp³-hybridized carbons (Fsp3) is 0.625. The average molecular weight is 280 g/mol. The van der Waals surface area contributed by atoms with Crippen LogP contribution in [0.5, 0.6) is 0 Å². The zero-order chi connectivity index (χ0) is 14.4. The number of aliphatic hydroxyl groups excluding tert-OH is 1. The van der Waals surface area contributed by atoms with Crippen molar-refractivity contribution in [1.29, 1.82) is 0 Å². The van der Waals surface area contributed by atoms with Gasteiger partial charge in [-0.2, -0.15) is 0 Å². The summed E-state index contributed by atoms with van der Waals surface area (Å²) in [5.41, 5.74) is 0.745. The molecule has 2 N–H and O–H groups in total. The molecule has 2 unspecified atom stereocenters. The molecule has 0 bridgehead atoms. The highest BCUT2D eigenvalue weighted by Crippen LogP contribution is 2.23. The van der Waals surface area contributed by atoms with Crippen LogP contribution in [-0.4, -0.2) is 42.3 Å². The zero-order valence-electron chi connectivity index (χ0n) is 12.2. The predicted octanol–water partition coefficient (Wildman–Crippen LogP) is 2.32. The number of aliphatic hydroxyl groups is 1. The van der Waals surface area contributed by atoms with Gasteiger partial charge < -0.3 is 10.4 Å². The zero-order valence-corrected chi connectivity index (χ0v) is 12.2. The maximum Gasteiger partial charge on any atom is 0.127 e. The van der Waals surface area contributed by atoms with Crippen molar-refractivity contribution in [3.8, 4) is 0 Å². The van der Waals surface area contributed by atoms with E-state index in [4.69, 9.17) is 0 Å². The van der Waals surface area contributed by atoms with E-state index >= 15 is 0 Å². The first kappa shape index (κ1) is 15.4. The lowest BCUT2D eigenvalue weighted by atomic mass is 10.0. The highest BCUT2D eigenvalue weighted by molar-refractivity contribution is 5.21. The fourth-order valence-corrected chi connectivity index (χ4v) is 3.06. The van der Waals surface area contributed by atoms with E-state index in [0.29, 0.717) is 0 Å². The maximum atomic E-state index is 13.9. The average Bonchev–Trinajstić information content (AvgIpc) is 2.92. The summed E-state index contributed by atoms with van der Waals surface area (Å²) in [7, 11) is 0. The Morgan fingerprint density at radius 3 is 2.95 bits per heavy atom. The van der Waals surface area contributed by atoms with Crippen LogP contribution in [0, 0.1) is 5.82 Å². The molecule has 1 heterocycles. The van der Waals surface area contributed by atoms with E-state index in [1.165, 1.54) is 6.07 Å². The summed E-state index contributed by atoms with van der Waals surface area (Å²) in [6.45, 7) is 5.03. The molecule has 2 rings (SSSR count). The van der Waals surface area contributed by atoms with E-state index in [1.54, 1.807) is 6.07 Å². The third-order valence-corrected chi connectivity index (χ3v) is 4.15. The Hall–Kier alpha value is -0.970. The number of benzene rings is 1. The van der Waals surface area contributed by atoms with Crippen molar-refractivity contribution in [3.05, 3.63) is 35.6 Å². The van der Waals surface area contributed by atoms with Crippen LogP contribution in [0.2, 0.25) is 0 Å². The molecule has 1 aliphatic heterocycles. The topological polar surface area (TPSA) is 35.5 Å². The fourth-order valence-electron chi connectivity index (χ4n) is 3.06. The summed E-state index contributed by atoms with van der Waals surface area (Å²) >= 11 is 0. The van der Waals surface area contributed by atoms with E-state index in [0.717, 1.165) is 44.5 Å². The number of nitrogens with one attached hydrogen (secondary N) is 1. The molecule has 1 fully saturated rings. The SMILES string of the molecule is CCNC(CCN1CCCC1CO)c1ccccc1F. The molecule has 0 amide bonds. The first-order chi connectivity index (χ1) is 9.76. The molecule has 0 aromatic heterocycles. The van der Waals surface area contributed by atoms with Gasteiger partial charge >= 0.3 is 0 Å². The third-order valence-electron chi connectivity index (χ3n) is 4.15. The molecule has 0 spiro atoms. The van der Waals surface area contributed by atoms with Crippen LogP contribution in [0.4, 0.5) is 4.39 Å². The van der Waals surface area contributed by atoms with Crippen LogP contribution in [0.25, 0.3) is 0 Å². The van der Waals surface area contributed by atoms with Gasteiger partial charge in [0.1, 0.15) is 5.82 Å². The number of likely N-dealkylation sites (tertiary alicyclic amines) is 1. The number of nitrogens with zero attached hydrogens (tertiary/aromatic N) is 1. The van der Waals surface area contributed by atoms with Gasteiger partial charge in [-0.15, -0.1) is 0 Å². The summed E-state index contributed by atoms with van der Waals surface area (Å²) in [5, 5.41) is 12.7. The molecule has 20 heavy (non-hydrogen) atoms. The van der Waals surface area contributed by atoms with E-state index in [1.807, 2.05) is 19.1 Å². The largest absolute Gasteiger partial charge is 0.395 e. The molecule has 4 heteroatoms. The lowest BCUT2D eigenvalue weighted by Crippen LogP contribution is -2.35. The third kappa shape index (κ3) is 3.78. The second-order valence-electron chi connectivity index (χ2n) is 5.44. The highest BCUT2D eigenvalue weighted by Gasteiger charge is 2.24. The molecule has 1 saturated heterocycles. The number of hydrogen-bond acceptors (Lipinski definition) is 3. The number of rotatable bonds is 7. The van der Waals surface area contributed by atoms with Crippen molar-refractivity contribution in [2.45, 2.75) is 38.3 Å². The summed E-state index contributed by atoms with van der Waals surface area (Å²) in [6, 6.07) is 7.32. The molecule has 0 aliphatic carbocycles. The van der Waals surface area contributed by atoms with Crippen LogP contribution in [0.1, 0.15) is 37.8 Å². The Kier molecular flexibility index (Phi) is 5.95. The number of halogens is 1. The summed E-state index contributed by atoms with van der Waals surface area (Å²) < 4.78 is 13.9. The molecule has 1 aromatic rings. The van der Waals surface area contributed by atoms with Gasteiger partial charge in [-0.3, -0.25) is 4.90 Å². The first-order valence-electron chi connectivity index (χ1n) is 7.59. The van der Waals surface area contributed by atoms with Gasteiger partial charge in [0, 0.05) is 24.2 Å². The molecule has 3 nitrogen and oxygen atoms in total. The summed E-state index contributed by atoms with van der Waals surface area (Å²) in [6.07, 6.45) is 3.09. The van der Waals surface area contributed by atoms with Gasteiger partial charge in [0.25, 0.3) is 0 Å². The van der Waals surface area contributed by atoms with E-state index in [-0.39, 0.29) is 24.5 Å². The molecule has 1 aliphatic rings.